The topological polar surface area (TPSA) is 95.7 Å². The number of nitrogens with zero attached hydrogens (tertiary/aromatic N) is 1. The molecule has 6 nitrogen and oxygen atoms in total. The fourth-order valence-corrected chi connectivity index (χ4v) is 2.90. The van der Waals surface area contributed by atoms with Gasteiger partial charge in [0.05, 0.1) is 17.9 Å². The van der Waals surface area contributed by atoms with E-state index >= 15 is 0 Å². The van der Waals surface area contributed by atoms with Gasteiger partial charge in [-0.25, -0.2) is 4.79 Å². The number of hydrogen-bond donors (Lipinski definition) is 3. The highest BCUT2D eigenvalue weighted by molar-refractivity contribution is 6.04. The van der Waals surface area contributed by atoms with E-state index in [0.717, 1.165) is 11.1 Å². The molecule has 0 aromatic heterocycles. The largest absolute Gasteiger partial charge is 0.465 e. The van der Waals surface area contributed by atoms with Gasteiger partial charge in [0, 0.05) is 6.42 Å². The van der Waals surface area contributed by atoms with Gasteiger partial charge in [-0.2, -0.15) is 0 Å². The van der Waals surface area contributed by atoms with E-state index in [4.69, 9.17) is 10.8 Å². The second-order valence-corrected chi connectivity index (χ2v) is 5.47. The molecule has 3 rings (SSSR count). The van der Waals surface area contributed by atoms with Crippen molar-refractivity contribution >= 4 is 23.4 Å². The van der Waals surface area contributed by atoms with Crippen LogP contribution in [-0.4, -0.2) is 23.1 Å². The van der Waals surface area contributed by atoms with Crippen LogP contribution in [0.2, 0.25) is 0 Å². The number of amides is 2. The molecule has 4 N–H and O–H groups in total. The number of benzene rings is 2. The maximum atomic E-state index is 12.7. The fraction of sp³-hybridized carbons (Fsp3) is 0.176. The monoisotopic (exact) mass is 311 g/mol. The summed E-state index contributed by atoms with van der Waals surface area (Å²) in [6.45, 7) is 0.346. The number of hydrogen-bond acceptors (Lipinski definition) is 3. The van der Waals surface area contributed by atoms with Gasteiger partial charge in [-0.05, 0) is 17.2 Å². The first-order chi connectivity index (χ1) is 11.1. The molecule has 6 heteroatoms. The first-order valence-corrected chi connectivity index (χ1v) is 7.28. The molecule has 1 unspecified atom stereocenters. The van der Waals surface area contributed by atoms with Crippen molar-refractivity contribution < 1.29 is 14.7 Å². The summed E-state index contributed by atoms with van der Waals surface area (Å²) in [6, 6.07) is 14.1. The predicted molar refractivity (Wildman–Crippen MR) is 87.1 cm³/mol. The Bertz CT molecular complexity index is 746. The normalized spacial score (nSPS) is 16.8. The fourth-order valence-electron chi connectivity index (χ4n) is 2.90. The van der Waals surface area contributed by atoms with Crippen LogP contribution in [0.5, 0.6) is 0 Å². The molecule has 118 valence electrons. The maximum absolute atomic E-state index is 12.7. The zero-order valence-corrected chi connectivity index (χ0v) is 12.4. The van der Waals surface area contributed by atoms with Gasteiger partial charge in [0.25, 0.3) is 0 Å². The average Bonchev–Trinajstić information content (AvgIpc) is 2.52. The van der Waals surface area contributed by atoms with Gasteiger partial charge >= 0.3 is 6.09 Å². The molecule has 0 radical (unpaired) electrons. The number of carbonyl (C=O) groups is 2. The molecule has 1 aliphatic heterocycles. The molecular weight excluding hydrogens is 294 g/mol. The highest BCUT2D eigenvalue weighted by atomic mass is 16.4. The summed E-state index contributed by atoms with van der Waals surface area (Å²) in [5, 5.41) is 11.2. The first-order valence-electron chi connectivity index (χ1n) is 7.28. The standard InChI is InChI=1S/C17H17N3O3/c18-13-8-4-7-12-9-14(19-17(22)23)16(21)20(15(12)13)10-11-5-2-1-3-6-11/h1-8,14,19H,9-10,18H2,(H,22,23). The molecule has 0 bridgehead atoms. The van der Waals surface area contributed by atoms with Gasteiger partial charge in [-0.1, -0.05) is 42.5 Å². The molecule has 2 amide bonds. The third kappa shape index (κ3) is 2.96. The Kier molecular flexibility index (Phi) is 3.89. The minimum Gasteiger partial charge on any atom is -0.465 e. The van der Waals surface area contributed by atoms with Crippen molar-refractivity contribution in [1.29, 1.82) is 0 Å². The SMILES string of the molecule is Nc1cccc2c1N(Cc1ccccc1)C(=O)C(NC(=O)O)C2. The molecule has 0 saturated carbocycles. The average molecular weight is 311 g/mol. The molecule has 23 heavy (non-hydrogen) atoms. The van der Waals surface area contributed by atoms with Crippen molar-refractivity contribution in [1.82, 2.24) is 5.32 Å². The van der Waals surface area contributed by atoms with E-state index in [-0.39, 0.29) is 5.91 Å². The number of nitrogens with one attached hydrogen (secondary N) is 1. The molecule has 2 aromatic rings. The van der Waals surface area contributed by atoms with Crippen molar-refractivity contribution in [2.24, 2.45) is 0 Å². The quantitative estimate of drug-likeness (QED) is 0.755. The molecule has 1 heterocycles. The van der Waals surface area contributed by atoms with Crippen molar-refractivity contribution in [3.63, 3.8) is 0 Å². The number of carbonyl (C=O) groups excluding carboxylic acids is 1. The highest BCUT2D eigenvalue weighted by Crippen LogP contribution is 2.34. The minimum absolute atomic E-state index is 0.290. The highest BCUT2D eigenvalue weighted by Gasteiger charge is 2.34. The van der Waals surface area contributed by atoms with Gasteiger partial charge in [0.1, 0.15) is 6.04 Å². The Morgan fingerprint density at radius 2 is 1.96 bits per heavy atom. The van der Waals surface area contributed by atoms with Crippen molar-refractivity contribution in [2.75, 3.05) is 10.6 Å². The van der Waals surface area contributed by atoms with Gasteiger partial charge in [-0.3, -0.25) is 4.79 Å². The third-order valence-electron chi connectivity index (χ3n) is 3.89. The van der Waals surface area contributed by atoms with Crippen LogP contribution in [0.1, 0.15) is 11.1 Å². The summed E-state index contributed by atoms with van der Waals surface area (Å²) in [5.41, 5.74) is 9.06. The van der Waals surface area contributed by atoms with Crippen LogP contribution in [-0.2, 0) is 17.8 Å². The number of nitrogen functional groups attached to an aromatic ring is 1. The number of anilines is 2. The molecule has 0 saturated heterocycles. The molecule has 0 fully saturated rings. The Morgan fingerprint density at radius 1 is 1.22 bits per heavy atom. The van der Waals surface area contributed by atoms with Crippen LogP contribution >= 0.6 is 0 Å². The lowest BCUT2D eigenvalue weighted by Gasteiger charge is -2.35. The van der Waals surface area contributed by atoms with Crippen LogP contribution in [0.15, 0.2) is 48.5 Å². The van der Waals surface area contributed by atoms with Crippen LogP contribution in [0.25, 0.3) is 0 Å². The Balaban J connectivity index is 2.00. The number of carboxylic acid groups (broad SMARTS) is 1. The van der Waals surface area contributed by atoms with Crippen molar-refractivity contribution in [3.8, 4) is 0 Å². The van der Waals surface area contributed by atoms with Gasteiger partial charge in [0.2, 0.25) is 5.91 Å². The summed E-state index contributed by atoms with van der Waals surface area (Å²) in [6.07, 6.45) is -0.910. The zero-order valence-electron chi connectivity index (χ0n) is 12.4. The van der Waals surface area contributed by atoms with E-state index in [1.807, 2.05) is 42.5 Å². The lowest BCUT2D eigenvalue weighted by molar-refractivity contribution is -0.121. The summed E-state index contributed by atoms with van der Waals surface area (Å²) in [4.78, 5) is 25.2. The number of rotatable bonds is 3. The van der Waals surface area contributed by atoms with Crippen LogP contribution in [0.3, 0.4) is 0 Å². The van der Waals surface area contributed by atoms with E-state index in [2.05, 4.69) is 5.32 Å². The van der Waals surface area contributed by atoms with Crippen molar-refractivity contribution in [3.05, 3.63) is 59.7 Å². The Morgan fingerprint density at radius 3 is 2.65 bits per heavy atom. The van der Waals surface area contributed by atoms with Gasteiger partial charge in [-0.15, -0.1) is 0 Å². The van der Waals surface area contributed by atoms with E-state index in [1.165, 1.54) is 0 Å². The Hall–Kier alpha value is -3.02. The van der Waals surface area contributed by atoms with Gasteiger partial charge in [0.15, 0.2) is 0 Å². The van der Waals surface area contributed by atoms with Crippen LogP contribution < -0.4 is 16.0 Å². The first kappa shape index (κ1) is 14.9. The lowest BCUT2D eigenvalue weighted by atomic mass is 9.95. The second-order valence-electron chi connectivity index (χ2n) is 5.47. The second kappa shape index (κ2) is 6.00. The minimum atomic E-state index is -1.21. The number of nitrogens with two attached hydrogens (primary N) is 1. The number of para-hydroxylation sites is 1. The lowest BCUT2D eigenvalue weighted by Crippen LogP contribution is -2.52. The van der Waals surface area contributed by atoms with E-state index in [1.54, 1.807) is 11.0 Å². The molecule has 0 aliphatic carbocycles. The van der Waals surface area contributed by atoms with Crippen LogP contribution in [0, 0.1) is 0 Å². The Labute approximate surface area is 133 Å². The predicted octanol–water partition coefficient (Wildman–Crippen LogP) is 1.99. The van der Waals surface area contributed by atoms with E-state index in [9.17, 15) is 9.59 Å². The summed E-state index contributed by atoms with van der Waals surface area (Å²) in [5.74, 6) is -0.290. The summed E-state index contributed by atoms with van der Waals surface area (Å²) in [7, 11) is 0. The molecule has 2 aromatic carbocycles. The maximum Gasteiger partial charge on any atom is 0.405 e. The number of fused-ring (bicyclic) bond motifs is 1. The van der Waals surface area contributed by atoms with E-state index < -0.39 is 12.1 Å². The summed E-state index contributed by atoms with van der Waals surface area (Å²) >= 11 is 0. The van der Waals surface area contributed by atoms with Gasteiger partial charge < -0.3 is 21.1 Å². The van der Waals surface area contributed by atoms with Crippen molar-refractivity contribution in [2.45, 2.75) is 19.0 Å². The van der Waals surface area contributed by atoms with Crippen LogP contribution in [0.4, 0.5) is 16.2 Å². The molecule has 1 aliphatic rings. The molecule has 1 atom stereocenters. The van der Waals surface area contributed by atoms with E-state index in [0.29, 0.717) is 24.3 Å². The zero-order chi connectivity index (χ0) is 16.4. The third-order valence-corrected chi connectivity index (χ3v) is 3.89. The summed E-state index contributed by atoms with van der Waals surface area (Å²) < 4.78 is 0. The smallest absolute Gasteiger partial charge is 0.405 e. The molecule has 0 spiro atoms. The molecular formula is C17H17N3O3.